The molecule has 7 nitrogen and oxygen atoms in total. The molecule has 0 aromatic rings. The van der Waals surface area contributed by atoms with Gasteiger partial charge in [-0.1, -0.05) is 13.8 Å². The Bertz CT molecular complexity index is 503. The molecule has 1 saturated carbocycles. The zero-order valence-electron chi connectivity index (χ0n) is 18.3. The molecule has 0 bridgehead atoms. The topological polar surface area (TPSA) is 80.5 Å². The van der Waals surface area contributed by atoms with E-state index in [2.05, 4.69) is 59.3 Å². The van der Waals surface area contributed by atoms with Gasteiger partial charge in [-0.15, -0.1) is 0 Å². The lowest BCUT2D eigenvalue weighted by atomic mass is 9.79. The molecule has 0 radical (unpaired) electrons. The highest BCUT2D eigenvalue weighted by molar-refractivity contribution is 5.74. The van der Waals surface area contributed by atoms with Gasteiger partial charge in [0.05, 0.1) is 6.17 Å². The zero-order chi connectivity index (χ0) is 20.1. The van der Waals surface area contributed by atoms with E-state index in [0.29, 0.717) is 18.0 Å². The summed E-state index contributed by atoms with van der Waals surface area (Å²) in [5.41, 5.74) is 0. The van der Waals surface area contributed by atoms with Crippen LogP contribution < -0.4 is 26.6 Å². The third-order valence-corrected chi connectivity index (χ3v) is 6.99. The Kier molecular flexibility index (Phi) is 7.97. The molecule has 3 fully saturated rings. The molecule has 3 rings (SSSR count). The number of hydrogen-bond acceptors (Lipinski definition) is 5. The molecule has 1 aliphatic carbocycles. The van der Waals surface area contributed by atoms with E-state index in [9.17, 15) is 4.79 Å². The summed E-state index contributed by atoms with van der Waals surface area (Å²) in [4.78, 5) is 14.9. The Morgan fingerprint density at radius 3 is 2.61 bits per heavy atom. The van der Waals surface area contributed by atoms with Crippen LogP contribution in [-0.2, 0) is 0 Å². The molecule has 28 heavy (non-hydrogen) atoms. The quantitative estimate of drug-likeness (QED) is 0.490. The smallest absolute Gasteiger partial charge is 0.317 e. The number of likely N-dealkylation sites (tertiary alicyclic amines) is 1. The summed E-state index contributed by atoms with van der Waals surface area (Å²) in [6.45, 7) is 10.2. The number of amides is 2. The number of carbonyl (C=O) groups excluding carboxylic acids is 1. The Balaban J connectivity index is 1.40. The lowest BCUT2D eigenvalue weighted by Gasteiger charge is -2.39. The maximum Gasteiger partial charge on any atom is 0.317 e. The molecular formula is C21H42N6O. The fourth-order valence-electron chi connectivity index (χ4n) is 5.03. The Morgan fingerprint density at radius 1 is 1.04 bits per heavy atom. The van der Waals surface area contributed by atoms with Crippen LogP contribution in [0.3, 0.4) is 0 Å². The second kappa shape index (κ2) is 10.2. The SMILES string of the molecule is CC1CC(NCC2CCCN(C)C2)NC(NC(=O)NC2CCC(C)C(C)C2)N1. The van der Waals surface area contributed by atoms with Gasteiger partial charge >= 0.3 is 6.03 Å². The van der Waals surface area contributed by atoms with Crippen LogP contribution in [0, 0.1) is 17.8 Å². The first-order valence-corrected chi connectivity index (χ1v) is 11.4. The first-order valence-electron chi connectivity index (χ1n) is 11.4. The standard InChI is InChI=1S/C21H42N6O/c1-14-7-8-18(10-15(14)2)24-21(28)26-20-23-16(3)11-19(25-20)22-12-17-6-5-9-27(4)13-17/h14-20,22-23,25H,5-13H2,1-4H3,(H2,24,26,28). The number of carbonyl (C=O) groups is 1. The molecule has 2 saturated heterocycles. The summed E-state index contributed by atoms with van der Waals surface area (Å²) >= 11 is 0. The summed E-state index contributed by atoms with van der Waals surface area (Å²) in [6, 6.07) is 0.580. The molecule has 0 aromatic heterocycles. The van der Waals surface area contributed by atoms with Gasteiger partial charge in [0, 0.05) is 25.2 Å². The van der Waals surface area contributed by atoms with E-state index in [1.54, 1.807) is 0 Å². The van der Waals surface area contributed by atoms with Crippen LogP contribution in [-0.4, -0.2) is 62.2 Å². The van der Waals surface area contributed by atoms with Gasteiger partial charge in [0.2, 0.25) is 0 Å². The molecule has 162 valence electrons. The summed E-state index contributed by atoms with van der Waals surface area (Å²) in [7, 11) is 2.21. The molecule has 3 aliphatic rings. The van der Waals surface area contributed by atoms with Crippen molar-refractivity contribution in [3.05, 3.63) is 0 Å². The first kappa shape index (κ1) is 21.8. The molecule has 2 heterocycles. The molecule has 5 N–H and O–H groups in total. The fraction of sp³-hybridized carbons (Fsp3) is 0.952. The van der Waals surface area contributed by atoms with E-state index >= 15 is 0 Å². The second-order valence-corrected chi connectivity index (χ2v) is 9.72. The van der Waals surface area contributed by atoms with E-state index in [4.69, 9.17) is 0 Å². The van der Waals surface area contributed by atoms with Crippen LogP contribution in [0.25, 0.3) is 0 Å². The molecule has 7 unspecified atom stereocenters. The summed E-state index contributed by atoms with van der Waals surface area (Å²) < 4.78 is 0. The maximum absolute atomic E-state index is 12.5. The average molecular weight is 395 g/mol. The number of nitrogens with zero attached hydrogens (tertiary/aromatic N) is 1. The van der Waals surface area contributed by atoms with E-state index < -0.39 is 0 Å². The van der Waals surface area contributed by atoms with Crippen molar-refractivity contribution in [1.82, 2.24) is 31.5 Å². The van der Waals surface area contributed by atoms with Crippen molar-refractivity contribution in [3.8, 4) is 0 Å². The summed E-state index contributed by atoms with van der Waals surface area (Å²) in [5.74, 6) is 2.16. The van der Waals surface area contributed by atoms with Gasteiger partial charge in [0.1, 0.15) is 6.29 Å². The highest BCUT2D eigenvalue weighted by atomic mass is 16.2. The van der Waals surface area contributed by atoms with Crippen molar-refractivity contribution in [3.63, 3.8) is 0 Å². The van der Waals surface area contributed by atoms with Crippen molar-refractivity contribution in [2.24, 2.45) is 17.8 Å². The minimum Gasteiger partial charge on any atom is -0.335 e. The van der Waals surface area contributed by atoms with E-state index in [-0.39, 0.29) is 18.5 Å². The molecular weight excluding hydrogens is 352 g/mol. The van der Waals surface area contributed by atoms with Crippen LogP contribution in [0.15, 0.2) is 0 Å². The zero-order valence-corrected chi connectivity index (χ0v) is 18.3. The van der Waals surface area contributed by atoms with Crippen LogP contribution in [0.4, 0.5) is 4.79 Å². The molecule has 7 heteroatoms. The van der Waals surface area contributed by atoms with Crippen molar-refractivity contribution in [2.45, 2.75) is 83.8 Å². The average Bonchev–Trinajstić information content (AvgIpc) is 2.63. The minimum atomic E-state index is -0.199. The van der Waals surface area contributed by atoms with Gasteiger partial charge in [0.25, 0.3) is 0 Å². The lowest BCUT2D eigenvalue weighted by Crippen LogP contribution is -2.68. The Morgan fingerprint density at radius 2 is 1.86 bits per heavy atom. The van der Waals surface area contributed by atoms with Crippen LogP contribution >= 0.6 is 0 Å². The van der Waals surface area contributed by atoms with Crippen LogP contribution in [0.1, 0.15) is 59.3 Å². The number of nitrogens with one attached hydrogen (secondary N) is 5. The number of urea groups is 1. The lowest BCUT2D eigenvalue weighted by molar-refractivity contribution is 0.164. The molecule has 7 atom stereocenters. The van der Waals surface area contributed by atoms with Gasteiger partial charge in [0.15, 0.2) is 0 Å². The maximum atomic E-state index is 12.5. The molecule has 0 aromatic carbocycles. The highest BCUT2D eigenvalue weighted by Gasteiger charge is 2.29. The fourth-order valence-corrected chi connectivity index (χ4v) is 5.03. The van der Waals surface area contributed by atoms with Crippen LogP contribution in [0.2, 0.25) is 0 Å². The Labute approximate surface area is 171 Å². The molecule has 2 aliphatic heterocycles. The van der Waals surface area contributed by atoms with Gasteiger partial charge < -0.3 is 20.9 Å². The third kappa shape index (κ3) is 6.58. The van der Waals surface area contributed by atoms with Gasteiger partial charge in [-0.25, -0.2) is 4.79 Å². The van der Waals surface area contributed by atoms with Crippen molar-refractivity contribution in [2.75, 3.05) is 26.7 Å². The second-order valence-electron chi connectivity index (χ2n) is 9.72. The number of rotatable bonds is 5. The predicted molar refractivity (Wildman–Crippen MR) is 114 cm³/mol. The van der Waals surface area contributed by atoms with Crippen LogP contribution in [0.5, 0.6) is 0 Å². The van der Waals surface area contributed by atoms with Crippen molar-refractivity contribution >= 4 is 6.03 Å². The normalized spacial score (nSPS) is 40.1. The predicted octanol–water partition coefficient (Wildman–Crippen LogP) is 1.62. The highest BCUT2D eigenvalue weighted by Crippen LogP contribution is 2.29. The number of hydrogen-bond donors (Lipinski definition) is 5. The Hall–Kier alpha value is -0.890. The van der Waals surface area contributed by atoms with Gasteiger partial charge in [-0.2, -0.15) is 0 Å². The van der Waals surface area contributed by atoms with Gasteiger partial charge in [-0.05, 0) is 76.8 Å². The van der Waals surface area contributed by atoms with Crippen molar-refractivity contribution in [1.29, 1.82) is 0 Å². The molecule has 0 spiro atoms. The summed E-state index contributed by atoms with van der Waals surface area (Å²) in [5, 5.41) is 16.9. The van der Waals surface area contributed by atoms with Crippen molar-refractivity contribution < 1.29 is 4.79 Å². The molecule has 2 amide bonds. The van der Waals surface area contributed by atoms with Gasteiger partial charge in [-0.3, -0.25) is 10.6 Å². The number of piperidine rings is 1. The monoisotopic (exact) mass is 394 g/mol. The van der Waals surface area contributed by atoms with E-state index in [1.807, 2.05) is 0 Å². The largest absolute Gasteiger partial charge is 0.335 e. The first-order chi connectivity index (χ1) is 13.4. The van der Waals surface area contributed by atoms with E-state index in [0.717, 1.165) is 37.6 Å². The minimum absolute atomic E-state index is 0.0708. The summed E-state index contributed by atoms with van der Waals surface area (Å²) in [6.07, 6.45) is 7.00. The van der Waals surface area contributed by atoms with E-state index in [1.165, 1.54) is 32.4 Å². The third-order valence-electron chi connectivity index (χ3n) is 6.99.